The van der Waals surface area contributed by atoms with Gasteiger partial charge in [0.2, 0.25) is 0 Å². The second-order valence-electron chi connectivity index (χ2n) is 3.47. The minimum absolute atomic E-state index is 0.264. The zero-order chi connectivity index (χ0) is 13.1. The first-order valence-corrected chi connectivity index (χ1v) is 6.27. The molecular formula is C12H9ClF2N2S. The van der Waals surface area contributed by atoms with E-state index in [4.69, 9.17) is 17.3 Å². The molecule has 2 N–H and O–H groups in total. The van der Waals surface area contributed by atoms with Crippen molar-refractivity contribution in [3.8, 4) is 0 Å². The van der Waals surface area contributed by atoms with Crippen LogP contribution in [-0.4, -0.2) is 4.98 Å². The molecule has 0 bridgehead atoms. The van der Waals surface area contributed by atoms with E-state index in [1.165, 1.54) is 12.1 Å². The number of halogens is 3. The number of aromatic nitrogens is 1. The van der Waals surface area contributed by atoms with Gasteiger partial charge in [0, 0.05) is 23.7 Å². The molecule has 1 aromatic carbocycles. The van der Waals surface area contributed by atoms with E-state index in [1.54, 1.807) is 12.3 Å². The number of pyridine rings is 1. The van der Waals surface area contributed by atoms with Crippen molar-refractivity contribution in [2.45, 2.75) is 16.5 Å². The van der Waals surface area contributed by atoms with Gasteiger partial charge in [0.05, 0.1) is 5.02 Å². The van der Waals surface area contributed by atoms with Crippen molar-refractivity contribution in [2.75, 3.05) is 0 Å². The van der Waals surface area contributed by atoms with Crippen LogP contribution < -0.4 is 5.73 Å². The largest absolute Gasteiger partial charge is 0.326 e. The molecular weight excluding hydrogens is 278 g/mol. The Bertz CT molecular complexity index is 578. The average Bonchev–Trinajstić information content (AvgIpc) is 2.35. The topological polar surface area (TPSA) is 38.9 Å². The van der Waals surface area contributed by atoms with Crippen LogP contribution in [0.4, 0.5) is 8.78 Å². The molecule has 0 saturated heterocycles. The Labute approximate surface area is 112 Å². The van der Waals surface area contributed by atoms with Gasteiger partial charge in [-0.1, -0.05) is 23.4 Å². The van der Waals surface area contributed by atoms with Crippen LogP contribution in [0.15, 0.2) is 40.4 Å². The van der Waals surface area contributed by atoms with Gasteiger partial charge in [-0.05, 0) is 23.8 Å². The van der Waals surface area contributed by atoms with Gasteiger partial charge >= 0.3 is 0 Å². The second kappa shape index (κ2) is 5.65. The molecule has 1 heterocycles. The highest BCUT2D eigenvalue weighted by Gasteiger charge is 2.11. The van der Waals surface area contributed by atoms with Crippen LogP contribution in [-0.2, 0) is 6.54 Å². The van der Waals surface area contributed by atoms with E-state index in [-0.39, 0.29) is 11.4 Å². The lowest BCUT2D eigenvalue weighted by Crippen LogP contribution is -1.98. The predicted molar refractivity (Wildman–Crippen MR) is 67.6 cm³/mol. The van der Waals surface area contributed by atoms with Crippen LogP contribution in [0, 0.1) is 11.6 Å². The van der Waals surface area contributed by atoms with Crippen molar-refractivity contribution in [3.63, 3.8) is 0 Å². The SMILES string of the molecule is NCc1ccnc(Sc2ccc(F)cc2F)c1Cl. The van der Waals surface area contributed by atoms with Crippen LogP contribution in [0.3, 0.4) is 0 Å². The summed E-state index contributed by atoms with van der Waals surface area (Å²) in [6.45, 7) is 0.279. The average molecular weight is 287 g/mol. The first-order valence-electron chi connectivity index (χ1n) is 5.08. The zero-order valence-corrected chi connectivity index (χ0v) is 10.7. The van der Waals surface area contributed by atoms with Crippen molar-refractivity contribution in [2.24, 2.45) is 5.73 Å². The monoisotopic (exact) mass is 286 g/mol. The molecule has 0 radical (unpaired) electrons. The first kappa shape index (κ1) is 13.3. The van der Waals surface area contributed by atoms with Gasteiger partial charge in [-0.2, -0.15) is 0 Å². The van der Waals surface area contributed by atoms with Gasteiger partial charge in [-0.15, -0.1) is 0 Å². The summed E-state index contributed by atoms with van der Waals surface area (Å²) < 4.78 is 26.3. The van der Waals surface area contributed by atoms with Gasteiger partial charge in [0.25, 0.3) is 0 Å². The van der Waals surface area contributed by atoms with Gasteiger partial charge < -0.3 is 5.73 Å². The molecule has 0 spiro atoms. The van der Waals surface area contributed by atoms with Crippen molar-refractivity contribution in [1.82, 2.24) is 4.98 Å². The molecule has 2 rings (SSSR count). The van der Waals surface area contributed by atoms with Crippen LogP contribution in [0.1, 0.15) is 5.56 Å². The molecule has 2 nitrogen and oxygen atoms in total. The number of rotatable bonds is 3. The van der Waals surface area contributed by atoms with E-state index >= 15 is 0 Å². The summed E-state index contributed by atoms with van der Waals surface area (Å²) in [6, 6.07) is 5.06. The molecule has 0 aliphatic rings. The second-order valence-corrected chi connectivity index (χ2v) is 4.88. The molecule has 0 amide bonds. The maximum Gasteiger partial charge on any atom is 0.140 e. The smallest absolute Gasteiger partial charge is 0.140 e. The van der Waals surface area contributed by atoms with Gasteiger partial charge in [-0.25, -0.2) is 13.8 Å². The summed E-state index contributed by atoms with van der Waals surface area (Å²) >= 11 is 7.12. The summed E-state index contributed by atoms with van der Waals surface area (Å²) in [4.78, 5) is 4.32. The minimum Gasteiger partial charge on any atom is -0.326 e. The predicted octanol–water partition coefficient (Wildman–Crippen LogP) is 3.62. The maximum atomic E-state index is 13.5. The number of nitrogens with two attached hydrogens (primary N) is 1. The summed E-state index contributed by atoms with van der Waals surface area (Å²) in [7, 11) is 0. The lowest BCUT2D eigenvalue weighted by atomic mass is 10.3. The minimum atomic E-state index is -0.643. The van der Waals surface area contributed by atoms with E-state index in [9.17, 15) is 8.78 Å². The maximum absolute atomic E-state index is 13.5. The molecule has 0 atom stereocenters. The standard InChI is InChI=1S/C12H9ClF2N2S/c13-11-7(6-16)3-4-17-12(11)18-10-2-1-8(14)5-9(10)15/h1-5H,6,16H2. The van der Waals surface area contributed by atoms with Crippen molar-refractivity contribution < 1.29 is 8.78 Å². The van der Waals surface area contributed by atoms with E-state index in [0.29, 0.717) is 10.0 Å². The first-order chi connectivity index (χ1) is 8.61. The molecule has 0 aliphatic heterocycles. The Morgan fingerprint density at radius 2 is 2.06 bits per heavy atom. The highest BCUT2D eigenvalue weighted by molar-refractivity contribution is 7.99. The van der Waals surface area contributed by atoms with E-state index in [2.05, 4.69) is 4.98 Å². The van der Waals surface area contributed by atoms with Crippen molar-refractivity contribution in [1.29, 1.82) is 0 Å². The quantitative estimate of drug-likeness (QED) is 0.936. The summed E-state index contributed by atoms with van der Waals surface area (Å²) in [5.41, 5.74) is 6.25. The molecule has 0 aliphatic carbocycles. The summed E-state index contributed by atoms with van der Waals surface area (Å²) in [5, 5.41) is 0.846. The van der Waals surface area contributed by atoms with Gasteiger partial charge in [-0.3, -0.25) is 0 Å². The van der Waals surface area contributed by atoms with Crippen molar-refractivity contribution >= 4 is 23.4 Å². The van der Waals surface area contributed by atoms with Crippen molar-refractivity contribution in [3.05, 3.63) is 52.7 Å². The Balaban J connectivity index is 2.34. The lowest BCUT2D eigenvalue weighted by Gasteiger charge is -2.07. The third-order valence-electron chi connectivity index (χ3n) is 2.26. The summed E-state index contributed by atoms with van der Waals surface area (Å²) in [6.07, 6.45) is 1.55. The fraction of sp³-hybridized carbons (Fsp3) is 0.0833. The lowest BCUT2D eigenvalue weighted by molar-refractivity contribution is 0.565. The molecule has 94 valence electrons. The highest BCUT2D eigenvalue weighted by Crippen LogP contribution is 2.34. The number of hydrogen-bond donors (Lipinski definition) is 1. The highest BCUT2D eigenvalue weighted by atomic mass is 35.5. The number of hydrogen-bond acceptors (Lipinski definition) is 3. The zero-order valence-electron chi connectivity index (χ0n) is 9.16. The van der Waals surface area contributed by atoms with Gasteiger partial charge in [0.15, 0.2) is 0 Å². The fourth-order valence-corrected chi connectivity index (χ4v) is 2.49. The number of benzene rings is 1. The van der Waals surface area contributed by atoms with E-state index < -0.39 is 11.6 Å². The Hall–Kier alpha value is -1.17. The molecule has 0 fully saturated rings. The van der Waals surface area contributed by atoms with Gasteiger partial charge in [0.1, 0.15) is 16.7 Å². The molecule has 6 heteroatoms. The number of nitrogens with zero attached hydrogens (tertiary/aromatic N) is 1. The third kappa shape index (κ3) is 2.80. The molecule has 1 aromatic heterocycles. The summed E-state index contributed by atoms with van der Waals surface area (Å²) in [5.74, 6) is -1.26. The normalized spacial score (nSPS) is 10.7. The van der Waals surface area contributed by atoms with Crippen LogP contribution >= 0.6 is 23.4 Å². The molecule has 0 saturated carbocycles. The van der Waals surface area contributed by atoms with E-state index in [0.717, 1.165) is 23.4 Å². The molecule has 2 aromatic rings. The molecule has 18 heavy (non-hydrogen) atoms. The Morgan fingerprint density at radius 3 is 2.72 bits per heavy atom. The van der Waals surface area contributed by atoms with Crippen LogP contribution in [0.2, 0.25) is 5.02 Å². The third-order valence-corrected chi connectivity index (χ3v) is 3.85. The Morgan fingerprint density at radius 1 is 1.28 bits per heavy atom. The molecule has 0 unspecified atom stereocenters. The van der Waals surface area contributed by atoms with E-state index in [1.807, 2.05) is 0 Å². The van der Waals surface area contributed by atoms with Crippen LogP contribution in [0.5, 0.6) is 0 Å². The Kier molecular flexibility index (Phi) is 4.16. The fourth-order valence-electron chi connectivity index (χ4n) is 1.35. The van der Waals surface area contributed by atoms with Crippen LogP contribution in [0.25, 0.3) is 0 Å².